The van der Waals surface area contributed by atoms with Gasteiger partial charge < -0.3 is 5.32 Å². The predicted octanol–water partition coefficient (Wildman–Crippen LogP) is 2.24. The average Bonchev–Trinajstić information content (AvgIpc) is 2.20. The quantitative estimate of drug-likeness (QED) is 0.798. The molecule has 74 valence electrons. The molecular weight excluding hydrogens is 218 g/mol. The van der Waals surface area contributed by atoms with Gasteiger partial charge in [-0.25, -0.2) is 0 Å². The molecule has 0 spiro atoms. The van der Waals surface area contributed by atoms with E-state index in [9.17, 15) is 4.79 Å². The number of rotatable bonds is 1. The van der Waals surface area contributed by atoms with Crippen molar-refractivity contribution in [2.45, 2.75) is 5.25 Å². The second kappa shape index (κ2) is 4.24. The molecule has 1 fully saturated rings. The lowest BCUT2D eigenvalue weighted by Crippen LogP contribution is -2.34. The first-order chi connectivity index (χ1) is 6.79. The first kappa shape index (κ1) is 9.87. The third-order valence-electron chi connectivity index (χ3n) is 2.11. The highest BCUT2D eigenvalue weighted by Gasteiger charge is 2.25. The molecule has 1 aromatic rings. The molecule has 1 saturated heterocycles. The predicted molar refractivity (Wildman–Crippen MR) is 59.7 cm³/mol. The molecule has 0 bridgehead atoms. The van der Waals surface area contributed by atoms with Gasteiger partial charge >= 0.3 is 0 Å². The van der Waals surface area contributed by atoms with Crippen LogP contribution in [0.3, 0.4) is 0 Å². The molecule has 1 aromatic carbocycles. The number of benzene rings is 1. The minimum absolute atomic E-state index is 0.0642. The molecule has 1 N–H and O–H groups in total. The maximum absolute atomic E-state index is 11.6. The Morgan fingerprint density at radius 3 is 2.93 bits per heavy atom. The van der Waals surface area contributed by atoms with E-state index < -0.39 is 0 Å². The lowest BCUT2D eigenvalue weighted by molar-refractivity contribution is -0.120. The van der Waals surface area contributed by atoms with Crippen LogP contribution in [0.25, 0.3) is 0 Å². The largest absolute Gasteiger partial charge is 0.354 e. The summed E-state index contributed by atoms with van der Waals surface area (Å²) in [6.45, 7) is 0.754. The molecule has 1 aliphatic rings. The van der Waals surface area contributed by atoms with Crippen molar-refractivity contribution in [2.75, 3.05) is 12.3 Å². The van der Waals surface area contributed by atoms with Crippen molar-refractivity contribution in [1.82, 2.24) is 5.32 Å². The summed E-state index contributed by atoms with van der Waals surface area (Å²) in [5.41, 5.74) is 0.913. The van der Waals surface area contributed by atoms with E-state index in [0.717, 1.165) is 17.9 Å². The molecule has 4 heteroatoms. The van der Waals surface area contributed by atoms with E-state index in [1.165, 1.54) is 0 Å². The van der Waals surface area contributed by atoms with Gasteiger partial charge in [0.05, 0.1) is 0 Å². The first-order valence-corrected chi connectivity index (χ1v) is 5.85. The fourth-order valence-electron chi connectivity index (χ4n) is 1.44. The normalized spacial score (nSPS) is 21.8. The molecule has 1 atom stereocenters. The van der Waals surface area contributed by atoms with Gasteiger partial charge in [-0.2, -0.15) is 0 Å². The number of amides is 1. The standard InChI is InChI=1S/C10H10ClNOS/c11-8-4-2-1-3-7(8)9-10(13)12-5-6-14-9/h1-4,9H,5-6H2,(H,12,13). The Bertz CT molecular complexity index is 356. The molecule has 0 aliphatic carbocycles. The molecule has 14 heavy (non-hydrogen) atoms. The number of carbonyl (C=O) groups excluding carboxylic acids is 1. The highest BCUT2D eigenvalue weighted by Crippen LogP contribution is 2.34. The van der Waals surface area contributed by atoms with Crippen molar-refractivity contribution in [1.29, 1.82) is 0 Å². The maximum atomic E-state index is 11.6. The summed E-state index contributed by atoms with van der Waals surface area (Å²) in [6, 6.07) is 7.51. The minimum Gasteiger partial charge on any atom is -0.354 e. The van der Waals surface area contributed by atoms with Gasteiger partial charge in [0, 0.05) is 17.3 Å². The lowest BCUT2D eigenvalue weighted by Gasteiger charge is -2.22. The minimum atomic E-state index is -0.141. The van der Waals surface area contributed by atoms with E-state index in [1.807, 2.05) is 24.3 Å². The molecule has 1 heterocycles. The molecule has 0 aromatic heterocycles. The zero-order valence-electron chi connectivity index (χ0n) is 7.50. The number of thioether (sulfide) groups is 1. The summed E-state index contributed by atoms with van der Waals surface area (Å²) < 4.78 is 0. The van der Waals surface area contributed by atoms with Crippen LogP contribution >= 0.6 is 23.4 Å². The Morgan fingerprint density at radius 1 is 1.43 bits per heavy atom. The Kier molecular flexibility index (Phi) is 2.99. The number of hydrogen-bond donors (Lipinski definition) is 1. The van der Waals surface area contributed by atoms with Gasteiger partial charge in [0.2, 0.25) is 5.91 Å². The van der Waals surface area contributed by atoms with Gasteiger partial charge in [0.15, 0.2) is 0 Å². The van der Waals surface area contributed by atoms with Crippen LogP contribution < -0.4 is 5.32 Å². The van der Waals surface area contributed by atoms with Gasteiger partial charge in [0.25, 0.3) is 0 Å². The van der Waals surface area contributed by atoms with Crippen molar-refractivity contribution in [3.8, 4) is 0 Å². The second-order valence-electron chi connectivity index (χ2n) is 3.06. The topological polar surface area (TPSA) is 29.1 Å². The van der Waals surface area contributed by atoms with E-state index >= 15 is 0 Å². The zero-order chi connectivity index (χ0) is 9.97. The van der Waals surface area contributed by atoms with Crippen LogP contribution in [0.4, 0.5) is 0 Å². The Morgan fingerprint density at radius 2 is 2.21 bits per heavy atom. The molecule has 0 saturated carbocycles. The molecule has 0 radical (unpaired) electrons. The first-order valence-electron chi connectivity index (χ1n) is 4.43. The van der Waals surface area contributed by atoms with Gasteiger partial charge in [-0.1, -0.05) is 29.8 Å². The van der Waals surface area contributed by atoms with E-state index in [4.69, 9.17) is 11.6 Å². The van der Waals surface area contributed by atoms with Gasteiger partial charge in [0.1, 0.15) is 5.25 Å². The van der Waals surface area contributed by atoms with Crippen LogP contribution in [-0.4, -0.2) is 18.2 Å². The van der Waals surface area contributed by atoms with Gasteiger partial charge in [-0.3, -0.25) is 4.79 Å². The number of halogens is 1. The Labute approximate surface area is 92.0 Å². The highest BCUT2D eigenvalue weighted by molar-refractivity contribution is 8.00. The van der Waals surface area contributed by atoms with Crippen molar-refractivity contribution >= 4 is 29.3 Å². The van der Waals surface area contributed by atoms with E-state index in [0.29, 0.717) is 5.02 Å². The summed E-state index contributed by atoms with van der Waals surface area (Å²) in [5, 5.41) is 3.37. The van der Waals surface area contributed by atoms with Crippen LogP contribution in [0.1, 0.15) is 10.8 Å². The number of hydrogen-bond acceptors (Lipinski definition) is 2. The molecule has 2 nitrogen and oxygen atoms in total. The third kappa shape index (κ3) is 1.88. The molecular formula is C10H10ClNOS. The van der Waals surface area contributed by atoms with Crippen LogP contribution in [0, 0.1) is 0 Å². The van der Waals surface area contributed by atoms with Crippen LogP contribution in [0.5, 0.6) is 0 Å². The van der Waals surface area contributed by atoms with Gasteiger partial charge in [-0.15, -0.1) is 11.8 Å². The highest BCUT2D eigenvalue weighted by atomic mass is 35.5. The fraction of sp³-hybridized carbons (Fsp3) is 0.300. The summed E-state index contributed by atoms with van der Waals surface area (Å²) >= 11 is 7.67. The lowest BCUT2D eigenvalue weighted by atomic mass is 10.1. The molecule has 1 aliphatic heterocycles. The Hall–Kier alpha value is -0.670. The van der Waals surface area contributed by atoms with Gasteiger partial charge in [-0.05, 0) is 11.6 Å². The summed E-state index contributed by atoms with van der Waals surface area (Å²) in [5.74, 6) is 1.01. The van der Waals surface area contributed by atoms with Crippen molar-refractivity contribution in [3.63, 3.8) is 0 Å². The average molecular weight is 228 g/mol. The summed E-state index contributed by atoms with van der Waals surface area (Å²) in [7, 11) is 0. The van der Waals surface area contributed by atoms with Crippen molar-refractivity contribution in [2.24, 2.45) is 0 Å². The molecule has 1 unspecified atom stereocenters. The van der Waals surface area contributed by atoms with E-state index in [1.54, 1.807) is 11.8 Å². The fourth-order valence-corrected chi connectivity index (χ4v) is 2.82. The second-order valence-corrected chi connectivity index (χ2v) is 4.68. The number of nitrogens with one attached hydrogen (secondary N) is 1. The molecule has 1 amide bonds. The zero-order valence-corrected chi connectivity index (χ0v) is 9.07. The SMILES string of the molecule is O=C1NCCSC1c1ccccc1Cl. The molecule has 2 rings (SSSR count). The van der Waals surface area contributed by atoms with E-state index in [-0.39, 0.29) is 11.2 Å². The Balaban J connectivity index is 2.29. The smallest absolute Gasteiger partial charge is 0.237 e. The van der Waals surface area contributed by atoms with Crippen LogP contribution in [-0.2, 0) is 4.79 Å². The summed E-state index contributed by atoms with van der Waals surface area (Å²) in [6.07, 6.45) is 0. The van der Waals surface area contributed by atoms with Crippen LogP contribution in [0.15, 0.2) is 24.3 Å². The monoisotopic (exact) mass is 227 g/mol. The van der Waals surface area contributed by atoms with Crippen LogP contribution in [0.2, 0.25) is 5.02 Å². The van der Waals surface area contributed by atoms with Crippen molar-refractivity contribution in [3.05, 3.63) is 34.9 Å². The maximum Gasteiger partial charge on any atom is 0.237 e. The van der Waals surface area contributed by atoms with E-state index in [2.05, 4.69) is 5.32 Å². The summed E-state index contributed by atoms with van der Waals surface area (Å²) in [4.78, 5) is 11.6. The third-order valence-corrected chi connectivity index (χ3v) is 3.70. The van der Waals surface area contributed by atoms with Crippen molar-refractivity contribution < 1.29 is 4.79 Å². The number of carbonyl (C=O) groups is 1.